The van der Waals surface area contributed by atoms with Crippen LogP contribution in [0.2, 0.25) is 0 Å². The fourth-order valence-corrected chi connectivity index (χ4v) is 0. The molecule has 0 rings (SSSR count). The summed E-state index contributed by atoms with van der Waals surface area (Å²) in [5.41, 5.74) is 0. The van der Waals surface area contributed by atoms with Gasteiger partial charge in [0.1, 0.15) is 0 Å². The zero-order valence-electron chi connectivity index (χ0n) is 1.93. The van der Waals surface area contributed by atoms with Crippen LogP contribution in [0.5, 0.6) is 0 Å². The van der Waals surface area contributed by atoms with Crippen LogP contribution in [0.15, 0.2) is 0 Å². The molecule has 4 heteroatoms. The quantitative estimate of drug-likeness (QED) is 0.505. The third-order valence-electron chi connectivity index (χ3n) is 0. The molecule has 0 aromatic carbocycles. The monoisotopic (exact) mass is 246 g/mol. The summed E-state index contributed by atoms with van der Waals surface area (Å²) < 4.78 is 16.6. The van der Waals surface area contributed by atoms with Gasteiger partial charge in [0.2, 0.25) is 10.1 Å². The summed E-state index contributed by atoms with van der Waals surface area (Å²) in [4.78, 5) is 0. The second-order valence-electron chi connectivity index (χ2n) is 0. The Morgan fingerprint density at radius 1 is 1.25 bits per heavy atom. The van der Waals surface area contributed by atoms with E-state index in [-0.39, 0.29) is 0 Å². The molecular weight excluding hydrogens is 244 g/mol. The van der Waals surface area contributed by atoms with E-state index in [1.54, 1.807) is 0 Å². The second-order valence-corrected chi connectivity index (χ2v) is 0. The van der Waals surface area contributed by atoms with Gasteiger partial charge < -0.3 is 4.46 Å². The van der Waals surface area contributed by atoms with Crippen LogP contribution >= 0.6 is 0 Å². The van der Waals surface area contributed by atoms with Crippen molar-refractivity contribution in [1.29, 1.82) is 0 Å². The summed E-state index contributed by atoms with van der Waals surface area (Å²) in [7, 11) is 0.611. The number of hydrogen-bond acceptors (Lipinski definition) is 2. The molecule has 0 aliphatic carbocycles. The van der Waals surface area contributed by atoms with Gasteiger partial charge in [0, 0.05) is 0 Å². The van der Waals surface area contributed by atoms with Crippen molar-refractivity contribution in [2.24, 2.45) is 0 Å². The van der Waals surface area contributed by atoms with E-state index in [2.05, 4.69) is 0 Å². The minimum atomic E-state index is 0.333. The van der Waals surface area contributed by atoms with Crippen molar-refractivity contribution in [2.75, 3.05) is 0 Å². The van der Waals surface area contributed by atoms with Gasteiger partial charge in [0.25, 0.3) is 0 Å². The SMILES string of the molecule is O=[SiH2].[O]=[W]. The van der Waals surface area contributed by atoms with Gasteiger partial charge in [0.05, 0.1) is 0 Å². The van der Waals surface area contributed by atoms with Gasteiger partial charge in [-0.25, -0.2) is 0 Å². The van der Waals surface area contributed by atoms with E-state index < -0.39 is 0 Å². The summed E-state index contributed by atoms with van der Waals surface area (Å²) in [5, 5.41) is 0. The van der Waals surface area contributed by atoms with E-state index in [9.17, 15) is 0 Å². The van der Waals surface area contributed by atoms with Crippen LogP contribution in [0.4, 0.5) is 0 Å². The normalized spacial score (nSPS) is 2.00. The van der Waals surface area contributed by atoms with E-state index >= 15 is 0 Å². The standard InChI is InChI=1S/H2OSi.O.W/c1-2;;/h2H2;;. The predicted molar refractivity (Wildman–Crippen MR) is 9.92 cm³/mol. The molecule has 0 aromatic rings. The van der Waals surface area contributed by atoms with E-state index in [4.69, 9.17) is 7.86 Å². The molecule has 0 amide bonds. The molecule has 0 aliphatic rings. The summed E-state index contributed by atoms with van der Waals surface area (Å²) in [6.07, 6.45) is 0. The molecule has 0 unspecified atom stereocenters. The Morgan fingerprint density at radius 2 is 1.25 bits per heavy atom. The summed E-state index contributed by atoms with van der Waals surface area (Å²) in [6.45, 7) is 0. The molecule has 0 radical (unpaired) electrons. The van der Waals surface area contributed by atoms with E-state index in [1.807, 2.05) is 0 Å². The molecule has 0 aliphatic heterocycles. The summed E-state index contributed by atoms with van der Waals surface area (Å²) >= 11 is 0.333. The second kappa shape index (κ2) is 86.2. The van der Waals surface area contributed by atoms with Crippen LogP contribution in [0.3, 0.4) is 0 Å². The Kier molecular flexibility index (Phi) is 190. The first-order valence-corrected chi connectivity index (χ1v) is 2.23. The first kappa shape index (κ1) is 8.82. The maximum atomic E-state index is 8.33. The fourth-order valence-electron chi connectivity index (χ4n) is 0. The Morgan fingerprint density at radius 3 is 1.25 bits per heavy atom. The summed E-state index contributed by atoms with van der Waals surface area (Å²) in [6, 6.07) is 0. The van der Waals surface area contributed by atoms with Gasteiger partial charge in [-0.1, -0.05) is 0 Å². The minimum absolute atomic E-state index is 0.333. The molecule has 0 atom stereocenters. The van der Waals surface area contributed by atoms with Crippen LogP contribution < -0.4 is 0 Å². The zero-order valence-corrected chi connectivity index (χ0v) is 6.28. The number of rotatable bonds is 0. The average molecular weight is 246 g/mol. The van der Waals surface area contributed by atoms with Crippen molar-refractivity contribution in [2.45, 2.75) is 0 Å². The predicted octanol–water partition coefficient (Wildman–Crippen LogP) is -1.16. The van der Waals surface area contributed by atoms with E-state index in [0.717, 1.165) is 0 Å². The van der Waals surface area contributed by atoms with Crippen molar-refractivity contribution in [3.63, 3.8) is 0 Å². The summed E-state index contributed by atoms with van der Waals surface area (Å²) in [5.74, 6) is 0. The molecule has 0 bridgehead atoms. The van der Waals surface area contributed by atoms with E-state index in [1.165, 1.54) is 0 Å². The zero-order chi connectivity index (χ0) is 4.00. The van der Waals surface area contributed by atoms with Crippen molar-refractivity contribution in [1.82, 2.24) is 0 Å². The third kappa shape index (κ3) is 22.2. The maximum absolute atomic E-state index is 8.33. The molecular formula is H2O2SiW. The van der Waals surface area contributed by atoms with Crippen LogP contribution in [-0.2, 0) is 27.6 Å². The van der Waals surface area contributed by atoms with Gasteiger partial charge in [-0.2, -0.15) is 0 Å². The molecule has 0 heterocycles. The van der Waals surface area contributed by atoms with Gasteiger partial charge in [-0.3, -0.25) is 0 Å². The Bertz CT molecular complexity index is 8.00. The third-order valence-corrected chi connectivity index (χ3v) is 0. The van der Waals surface area contributed by atoms with E-state index in [0.29, 0.717) is 29.9 Å². The van der Waals surface area contributed by atoms with Gasteiger partial charge in [-0.15, -0.1) is 0 Å². The molecule has 2 nitrogen and oxygen atoms in total. The first-order valence-electron chi connectivity index (χ1n) is 0.455. The topological polar surface area (TPSA) is 34.1 Å². The molecule has 0 spiro atoms. The van der Waals surface area contributed by atoms with Gasteiger partial charge in [-0.05, 0) is 0 Å². The van der Waals surface area contributed by atoms with Gasteiger partial charge in [0.15, 0.2) is 0 Å². The van der Waals surface area contributed by atoms with Crippen molar-refractivity contribution in [3.05, 3.63) is 0 Å². The Labute approximate surface area is 38.3 Å². The van der Waals surface area contributed by atoms with Crippen molar-refractivity contribution >= 4 is 10.1 Å². The molecule has 0 fully saturated rings. The van der Waals surface area contributed by atoms with Crippen LogP contribution in [0.25, 0.3) is 0 Å². The van der Waals surface area contributed by atoms with Gasteiger partial charge >= 0.3 is 23.2 Å². The molecule has 0 saturated heterocycles. The average Bonchev–Trinajstić information content (AvgIpc) is 1.50. The van der Waals surface area contributed by atoms with Crippen LogP contribution in [0.1, 0.15) is 0 Å². The molecule has 24 valence electrons. The molecule has 0 saturated carbocycles. The fraction of sp³-hybridized carbons (Fsp3) is 0. The number of hydrogen-bond donors (Lipinski definition) is 0. The Balaban J connectivity index is 0. The molecule has 0 N–H and O–H groups in total. The van der Waals surface area contributed by atoms with Crippen LogP contribution in [-0.4, -0.2) is 10.1 Å². The van der Waals surface area contributed by atoms with Crippen molar-refractivity contribution < 1.29 is 27.6 Å². The molecule has 0 aromatic heterocycles. The molecule has 4 heavy (non-hydrogen) atoms. The Hall–Kier alpha value is 0.505. The van der Waals surface area contributed by atoms with Crippen LogP contribution in [0, 0.1) is 0 Å². The first-order chi connectivity index (χ1) is 2.00. The van der Waals surface area contributed by atoms with Crippen molar-refractivity contribution in [3.8, 4) is 0 Å².